The van der Waals surface area contributed by atoms with Gasteiger partial charge >= 0.3 is 5.97 Å². The summed E-state index contributed by atoms with van der Waals surface area (Å²) in [4.78, 5) is 11.4. The topological polar surface area (TPSA) is 65.0 Å². The van der Waals surface area contributed by atoms with Crippen LogP contribution in [-0.4, -0.2) is 32.4 Å². The first kappa shape index (κ1) is 14.4. The molecular formula is C12H15FO5. The Kier molecular flexibility index (Phi) is 5.06. The molecule has 5 nitrogen and oxygen atoms in total. The number of carbonyl (C=O) groups excluding carboxylic acids is 1. The Hall–Kier alpha value is -1.66. The van der Waals surface area contributed by atoms with Crippen LogP contribution in [0.25, 0.3) is 0 Å². The van der Waals surface area contributed by atoms with Crippen LogP contribution in [0.4, 0.5) is 4.39 Å². The third kappa shape index (κ3) is 2.96. The number of hydrogen-bond donors (Lipinski definition) is 1. The van der Waals surface area contributed by atoms with Crippen LogP contribution in [0, 0.1) is 5.82 Å². The van der Waals surface area contributed by atoms with Gasteiger partial charge in [0.1, 0.15) is 11.6 Å². The molecule has 18 heavy (non-hydrogen) atoms. The van der Waals surface area contributed by atoms with Crippen molar-refractivity contribution in [3.05, 3.63) is 29.1 Å². The molecule has 1 N–H and O–H groups in total. The maximum Gasteiger partial charge on any atom is 0.339 e. The van der Waals surface area contributed by atoms with Gasteiger partial charge in [0.15, 0.2) is 6.10 Å². The van der Waals surface area contributed by atoms with E-state index in [9.17, 15) is 14.3 Å². The van der Waals surface area contributed by atoms with Crippen LogP contribution in [0.3, 0.4) is 0 Å². The molecule has 0 fully saturated rings. The van der Waals surface area contributed by atoms with Gasteiger partial charge in [-0.1, -0.05) is 0 Å². The second-order valence-corrected chi connectivity index (χ2v) is 3.54. The molecule has 1 aromatic carbocycles. The number of rotatable bonds is 5. The van der Waals surface area contributed by atoms with Crippen molar-refractivity contribution in [2.24, 2.45) is 0 Å². The van der Waals surface area contributed by atoms with E-state index in [0.717, 1.165) is 13.2 Å². The second kappa shape index (κ2) is 6.32. The Morgan fingerprint density at radius 3 is 2.56 bits per heavy atom. The van der Waals surface area contributed by atoms with E-state index in [1.54, 1.807) is 0 Å². The predicted octanol–water partition coefficient (Wildman–Crippen LogP) is 1.19. The van der Waals surface area contributed by atoms with Gasteiger partial charge < -0.3 is 19.3 Å². The number of aliphatic hydroxyl groups excluding tert-OH is 1. The lowest BCUT2D eigenvalue weighted by molar-refractivity contribution is -0.150. The average Bonchev–Trinajstić information content (AvgIpc) is 2.36. The largest absolute Gasteiger partial charge is 0.496 e. The second-order valence-electron chi connectivity index (χ2n) is 3.54. The van der Waals surface area contributed by atoms with Crippen molar-refractivity contribution in [3.63, 3.8) is 0 Å². The summed E-state index contributed by atoms with van der Waals surface area (Å²) in [5.74, 6) is -1.32. The van der Waals surface area contributed by atoms with E-state index in [1.807, 2.05) is 0 Å². The van der Waals surface area contributed by atoms with E-state index in [0.29, 0.717) is 5.56 Å². The molecule has 0 saturated carbocycles. The summed E-state index contributed by atoms with van der Waals surface area (Å²) < 4.78 is 27.6. The smallest absolute Gasteiger partial charge is 0.339 e. The molecule has 100 valence electrons. The normalized spacial score (nSPS) is 12.1. The first-order chi connectivity index (χ1) is 8.54. The van der Waals surface area contributed by atoms with Crippen molar-refractivity contribution in [1.29, 1.82) is 0 Å². The molecule has 0 spiro atoms. The van der Waals surface area contributed by atoms with Gasteiger partial charge in [0.25, 0.3) is 0 Å². The van der Waals surface area contributed by atoms with Crippen LogP contribution in [-0.2, 0) is 20.9 Å². The van der Waals surface area contributed by atoms with Gasteiger partial charge in [0.2, 0.25) is 0 Å². The quantitative estimate of drug-likeness (QED) is 0.803. The van der Waals surface area contributed by atoms with E-state index in [-0.39, 0.29) is 17.9 Å². The molecule has 6 heteroatoms. The van der Waals surface area contributed by atoms with Crippen LogP contribution < -0.4 is 4.74 Å². The number of ether oxygens (including phenoxy) is 3. The minimum absolute atomic E-state index is 0.0392. The Balaban J connectivity index is 3.32. The summed E-state index contributed by atoms with van der Waals surface area (Å²) in [6, 6.07) is 2.26. The number of methoxy groups -OCH3 is 3. The summed E-state index contributed by atoms with van der Waals surface area (Å²) in [5.41, 5.74) is 0.472. The zero-order valence-electron chi connectivity index (χ0n) is 10.4. The maximum absolute atomic E-state index is 13.3. The van der Waals surface area contributed by atoms with Gasteiger partial charge in [-0.05, 0) is 11.6 Å². The lowest BCUT2D eigenvalue weighted by Gasteiger charge is -2.17. The summed E-state index contributed by atoms with van der Waals surface area (Å²) in [7, 11) is 3.89. The molecule has 1 aromatic rings. The maximum atomic E-state index is 13.3. The highest BCUT2D eigenvalue weighted by atomic mass is 19.1. The summed E-state index contributed by atoms with van der Waals surface area (Å²) in [6.07, 6.45) is -1.55. The number of halogens is 1. The minimum Gasteiger partial charge on any atom is -0.496 e. The first-order valence-corrected chi connectivity index (χ1v) is 5.16. The molecule has 0 radical (unpaired) electrons. The van der Waals surface area contributed by atoms with Gasteiger partial charge in [0, 0.05) is 18.7 Å². The molecule has 0 aliphatic heterocycles. The highest BCUT2D eigenvalue weighted by Crippen LogP contribution is 2.31. The molecule has 0 amide bonds. The SMILES string of the molecule is COCc1cc(F)cc(OC)c1C(O)C(=O)OC. The van der Waals surface area contributed by atoms with Crippen molar-refractivity contribution in [2.45, 2.75) is 12.7 Å². The highest BCUT2D eigenvalue weighted by Gasteiger charge is 2.26. The van der Waals surface area contributed by atoms with Crippen LogP contribution in [0.2, 0.25) is 0 Å². The fourth-order valence-corrected chi connectivity index (χ4v) is 1.63. The number of benzene rings is 1. The Morgan fingerprint density at radius 1 is 1.39 bits per heavy atom. The summed E-state index contributed by atoms with van der Waals surface area (Å²) >= 11 is 0. The summed E-state index contributed by atoms with van der Waals surface area (Å²) in [5, 5.41) is 9.87. The molecule has 0 aliphatic rings. The average molecular weight is 258 g/mol. The minimum atomic E-state index is -1.55. The van der Waals surface area contributed by atoms with Crippen LogP contribution in [0.1, 0.15) is 17.2 Å². The van der Waals surface area contributed by atoms with E-state index in [2.05, 4.69) is 4.74 Å². The number of carbonyl (C=O) groups is 1. The van der Waals surface area contributed by atoms with Crippen molar-refractivity contribution < 1.29 is 28.5 Å². The van der Waals surface area contributed by atoms with E-state index >= 15 is 0 Å². The van der Waals surface area contributed by atoms with Crippen molar-refractivity contribution >= 4 is 5.97 Å². The molecule has 1 atom stereocenters. The molecule has 0 heterocycles. The van der Waals surface area contributed by atoms with E-state index < -0.39 is 17.9 Å². The Bertz CT molecular complexity index is 433. The fraction of sp³-hybridized carbons (Fsp3) is 0.417. The number of hydrogen-bond acceptors (Lipinski definition) is 5. The molecular weight excluding hydrogens is 243 g/mol. The lowest BCUT2D eigenvalue weighted by Crippen LogP contribution is -2.17. The summed E-state index contributed by atoms with van der Waals surface area (Å²) in [6.45, 7) is 0.0392. The number of aliphatic hydroxyl groups is 1. The van der Waals surface area contributed by atoms with Crippen molar-refractivity contribution in [3.8, 4) is 5.75 Å². The lowest BCUT2D eigenvalue weighted by atomic mass is 10.0. The first-order valence-electron chi connectivity index (χ1n) is 5.16. The third-order valence-electron chi connectivity index (χ3n) is 2.41. The van der Waals surface area contributed by atoms with Gasteiger partial charge in [-0.25, -0.2) is 9.18 Å². The van der Waals surface area contributed by atoms with Crippen molar-refractivity contribution in [1.82, 2.24) is 0 Å². The van der Waals surface area contributed by atoms with Gasteiger partial charge in [-0.15, -0.1) is 0 Å². The Morgan fingerprint density at radius 2 is 2.06 bits per heavy atom. The number of esters is 1. The molecule has 1 rings (SSSR count). The van der Waals surface area contributed by atoms with Crippen LogP contribution >= 0.6 is 0 Å². The van der Waals surface area contributed by atoms with Gasteiger partial charge in [0.05, 0.1) is 20.8 Å². The van der Waals surface area contributed by atoms with Gasteiger partial charge in [-0.2, -0.15) is 0 Å². The molecule has 0 aromatic heterocycles. The fourth-order valence-electron chi connectivity index (χ4n) is 1.63. The molecule has 0 saturated heterocycles. The standard InChI is InChI=1S/C12H15FO5/c1-16-6-7-4-8(13)5-9(17-2)10(7)11(14)12(15)18-3/h4-5,11,14H,6H2,1-3H3. The van der Waals surface area contributed by atoms with Crippen LogP contribution in [0.5, 0.6) is 5.75 Å². The zero-order chi connectivity index (χ0) is 13.7. The van der Waals surface area contributed by atoms with Crippen molar-refractivity contribution in [2.75, 3.05) is 21.3 Å². The van der Waals surface area contributed by atoms with E-state index in [4.69, 9.17) is 9.47 Å². The third-order valence-corrected chi connectivity index (χ3v) is 2.41. The Labute approximate surface area is 104 Å². The highest BCUT2D eigenvalue weighted by molar-refractivity contribution is 5.77. The predicted molar refractivity (Wildman–Crippen MR) is 60.6 cm³/mol. The van der Waals surface area contributed by atoms with Gasteiger partial charge in [-0.3, -0.25) is 0 Å². The van der Waals surface area contributed by atoms with E-state index in [1.165, 1.54) is 20.3 Å². The molecule has 0 aliphatic carbocycles. The molecule has 1 unspecified atom stereocenters. The monoisotopic (exact) mass is 258 g/mol. The van der Waals surface area contributed by atoms with Crippen LogP contribution in [0.15, 0.2) is 12.1 Å². The zero-order valence-corrected chi connectivity index (χ0v) is 10.4. The molecule has 0 bridgehead atoms.